The van der Waals surface area contributed by atoms with Gasteiger partial charge in [-0.15, -0.1) is 0 Å². The zero-order valence-electron chi connectivity index (χ0n) is 16.1. The maximum Gasteiger partial charge on any atom is 0.254 e. The minimum atomic E-state index is -0.193. The number of aryl methyl sites for hydroxylation is 1. The van der Waals surface area contributed by atoms with E-state index in [2.05, 4.69) is 39.7 Å². The molecule has 0 aliphatic rings. The Kier molecular flexibility index (Phi) is 6.57. The average molecular weight is 376 g/mol. The predicted molar refractivity (Wildman–Crippen MR) is 110 cm³/mol. The molecule has 0 atom stereocenters. The van der Waals surface area contributed by atoms with Crippen LogP contribution in [0.1, 0.15) is 28.4 Å². The van der Waals surface area contributed by atoms with Crippen LogP contribution >= 0.6 is 0 Å². The molecule has 0 unspecified atom stereocenters. The Hall–Kier alpha value is -3.41. The van der Waals surface area contributed by atoms with Gasteiger partial charge >= 0.3 is 0 Å². The van der Waals surface area contributed by atoms with E-state index in [0.29, 0.717) is 18.1 Å². The zero-order valence-corrected chi connectivity index (χ0v) is 16.1. The third-order valence-electron chi connectivity index (χ3n) is 4.37. The van der Waals surface area contributed by atoms with Gasteiger partial charge in [0, 0.05) is 24.6 Å². The lowest BCUT2D eigenvalue weighted by Crippen LogP contribution is -2.26. The van der Waals surface area contributed by atoms with E-state index in [1.54, 1.807) is 7.11 Å². The first kappa shape index (κ1) is 19.4. The molecule has 28 heavy (non-hydrogen) atoms. The number of anilines is 2. The number of hydrogen-bond donors (Lipinski definition) is 2. The van der Waals surface area contributed by atoms with Gasteiger partial charge in [0.2, 0.25) is 5.95 Å². The lowest BCUT2D eigenvalue weighted by molar-refractivity contribution is 0.0953. The summed E-state index contributed by atoms with van der Waals surface area (Å²) in [6.07, 6.45) is 4.77. The summed E-state index contributed by atoms with van der Waals surface area (Å²) in [7, 11) is 1.64. The Morgan fingerprint density at radius 2 is 1.79 bits per heavy atom. The quantitative estimate of drug-likeness (QED) is 0.626. The van der Waals surface area contributed by atoms with E-state index in [9.17, 15) is 4.79 Å². The fourth-order valence-corrected chi connectivity index (χ4v) is 2.71. The van der Waals surface area contributed by atoms with Crippen LogP contribution in [0.5, 0.6) is 5.75 Å². The Balaban J connectivity index is 1.51. The van der Waals surface area contributed by atoms with Crippen molar-refractivity contribution in [3.63, 3.8) is 0 Å². The highest BCUT2D eigenvalue weighted by molar-refractivity contribution is 5.93. The molecule has 0 bridgehead atoms. The molecule has 0 aliphatic heterocycles. The highest BCUT2D eigenvalue weighted by Crippen LogP contribution is 2.14. The molecule has 2 aromatic carbocycles. The van der Waals surface area contributed by atoms with E-state index in [-0.39, 0.29) is 5.91 Å². The number of hydrogen-bond acceptors (Lipinski definition) is 5. The summed E-state index contributed by atoms with van der Waals surface area (Å²) < 4.78 is 5.21. The van der Waals surface area contributed by atoms with Crippen molar-refractivity contribution in [2.45, 2.75) is 19.8 Å². The maximum atomic E-state index is 12.3. The molecule has 6 nitrogen and oxygen atoms in total. The molecule has 0 saturated heterocycles. The largest absolute Gasteiger partial charge is 0.497 e. The number of rotatable bonds is 8. The molecule has 0 fully saturated rings. The Labute approximate surface area is 165 Å². The SMILES string of the molecule is CCc1ccc(Nc2ncc(C(=O)NCCc3cccc(OC)c3)cn2)cc1. The summed E-state index contributed by atoms with van der Waals surface area (Å²) in [5.74, 6) is 1.07. The Bertz CT molecular complexity index is 909. The van der Waals surface area contributed by atoms with Gasteiger partial charge in [-0.3, -0.25) is 4.79 Å². The first-order valence-electron chi connectivity index (χ1n) is 9.27. The van der Waals surface area contributed by atoms with Gasteiger partial charge < -0.3 is 15.4 Å². The van der Waals surface area contributed by atoms with E-state index in [1.165, 1.54) is 18.0 Å². The van der Waals surface area contributed by atoms with E-state index in [1.807, 2.05) is 36.4 Å². The van der Waals surface area contributed by atoms with Crippen molar-refractivity contribution in [3.05, 3.63) is 77.6 Å². The summed E-state index contributed by atoms with van der Waals surface area (Å²) in [6, 6.07) is 15.9. The molecule has 0 spiro atoms. The van der Waals surface area contributed by atoms with Crippen LogP contribution in [-0.2, 0) is 12.8 Å². The molecule has 3 aromatic rings. The minimum Gasteiger partial charge on any atom is -0.497 e. The lowest BCUT2D eigenvalue weighted by Gasteiger charge is -2.08. The third kappa shape index (κ3) is 5.30. The van der Waals surface area contributed by atoms with Gasteiger partial charge in [0.1, 0.15) is 5.75 Å². The standard InChI is InChI=1S/C22H24N4O2/c1-3-16-7-9-19(10-8-16)26-22-24-14-18(15-25-22)21(27)23-12-11-17-5-4-6-20(13-17)28-2/h4-10,13-15H,3,11-12H2,1-2H3,(H,23,27)(H,24,25,26). The molecule has 6 heteroatoms. The topological polar surface area (TPSA) is 76.1 Å². The number of amides is 1. The van der Waals surface area contributed by atoms with Crippen molar-refractivity contribution >= 4 is 17.5 Å². The zero-order chi connectivity index (χ0) is 19.8. The number of carbonyl (C=O) groups is 1. The second-order valence-corrected chi connectivity index (χ2v) is 6.33. The summed E-state index contributed by atoms with van der Waals surface area (Å²) >= 11 is 0. The molecule has 1 amide bonds. The highest BCUT2D eigenvalue weighted by atomic mass is 16.5. The molecule has 0 saturated carbocycles. The first-order chi connectivity index (χ1) is 13.7. The van der Waals surface area contributed by atoms with E-state index >= 15 is 0 Å². The van der Waals surface area contributed by atoms with Crippen molar-refractivity contribution in [2.24, 2.45) is 0 Å². The van der Waals surface area contributed by atoms with Crippen LogP contribution in [0.4, 0.5) is 11.6 Å². The smallest absolute Gasteiger partial charge is 0.254 e. The fourth-order valence-electron chi connectivity index (χ4n) is 2.71. The fraction of sp³-hybridized carbons (Fsp3) is 0.227. The van der Waals surface area contributed by atoms with Crippen molar-refractivity contribution < 1.29 is 9.53 Å². The number of methoxy groups -OCH3 is 1. The predicted octanol–water partition coefficient (Wildman–Crippen LogP) is 3.76. The normalized spacial score (nSPS) is 10.4. The molecular weight excluding hydrogens is 352 g/mol. The van der Waals surface area contributed by atoms with Gasteiger partial charge in [-0.25, -0.2) is 9.97 Å². The minimum absolute atomic E-state index is 0.193. The van der Waals surface area contributed by atoms with Crippen LogP contribution in [-0.4, -0.2) is 29.5 Å². The summed E-state index contributed by atoms with van der Waals surface area (Å²) in [6.45, 7) is 2.64. The summed E-state index contributed by atoms with van der Waals surface area (Å²) in [5, 5.41) is 6.02. The van der Waals surface area contributed by atoms with Crippen molar-refractivity contribution in [2.75, 3.05) is 19.0 Å². The number of ether oxygens (including phenoxy) is 1. The van der Waals surface area contributed by atoms with E-state index in [0.717, 1.165) is 29.8 Å². The summed E-state index contributed by atoms with van der Waals surface area (Å²) in [5.41, 5.74) is 3.71. The van der Waals surface area contributed by atoms with Gasteiger partial charge in [0.15, 0.2) is 0 Å². The van der Waals surface area contributed by atoms with Crippen LogP contribution < -0.4 is 15.4 Å². The van der Waals surface area contributed by atoms with Crippen LogP contribution in [0.15, 0.2) is 60.9 Å². The number of aromatic nitrogens is 2. The van der Waals surface area contributed by atoms with Crippen LogP contribution in [0.3, 0.4) is 0 Å². The van der Waals surface area contributed by atoms with Crippen LogP contribution in [0, 0.1) is 0 Å². The van der Waals surface area contributed by atoms with Crippen molar-refractivity contribution in [3.8, 4) is 5.75 Å². The monoisotopic (exact) mass is 376 g/mol. The van der Waals surface area contributed by atoms with Gasteiger partial charge in [0.25, 0.3) is 5.91 Å². The molecular formula is C22H24N4O2. The van der Waals surface area contributed by atoms with Crippen LogP contribution in [0.2, 0.25) is 0 Å². The van der Waals surface area contributed by atoms with Crippen molar-refractivity contribution in [1.29, 1.82) is 0 Å². The number of carbonyl (C=O) groups excluding carboxylic acids is 1. The average Bonchev–Trinajstić information content (AvgIpc) is 2.75. The van der Waals surface area contributed by atoms with Crippen LogP contribution in [0.25, 0.3) is 0 Å². The highest BCUT2D eigenvalue weighted by Gasteiger charge is 2.07. The molecule has 1 aromatic heterocycles. The second-order valence-electron chi connectivity index (χ2n) is 6.33. The molecule has 0 radical (unpaired) electrons. The van der Waals surface area contributed by atoms with E-state index < -0.39 is 0 Å². The number of benzene rings is 2. The molecule has 144 valence electrons. The lowest BCUT2D eigenvalue weighted by atomic mass is 10.1. The summed E-state index contributed by atoms with van der Waals surface area (Å²) in [4.78, 5) is 20.7. The number of nitrogens with one attached hydrogen (secondary N) is 2. The van der Waals surface area contributed by atoms with Crippen molar-refractivity contribution in [1.82, 2.24) is 15.3 Å². The molecule has 2 N–H and O–H groups in total. The molecule has 0 aliphatic carbocycles. The van der Waals surface area contributed by atoms with E-state index in [4.69, 9.17) is 4.74 Å². The van der Waals surface area contributed by atoms with Gasteiger partial charge in [-0.05, 0) is 48.2 Å². The maximum absolute atomic E-state index is 12.3. The van der Waals surface area contributed by atoms with Gasteiger partial charge in [-0.2, -0.15) is 0 Å². The molecule has 3 rings (SSSR count). The third-order valence-corrected chi connectivity index (χ3v) is 4.37. The van der Waals surface area contributed by atoms with Gasteiger partial charge in [-0.1, -0.05) is 31.2 Å². The second kappa shape index (κ2) is 9.50. The first-order valence-corrected chi connectivity index (χ1v) is 9.27. The van der Waals surface area contributed by atoms with Gasteiger partial charge in [0.05, 0.1) is 12.7 Å². The number of nitrogens with zero attached hydrogens (tertiary/aromatic N) is 2. The molecule has 1 heterocycles. The Morgan fingerprint density at radius 3 is 2.46 bits per heavy atom. The Morgan fingerprint density at radius 1 is 1.04 bits per heavy atom.